The van der Waals surface area contributed by atoms with Gasteiger partial charge >= 0.3 is 0 Å². The molecule has 0 N–H and O–H groups in total. The molecule has 1 aromatic carbocycles. The lowest BCUT2D eigenvalue weighted by Gasteiger charge is -2.21. The van der Waals surface area contributed by atoms with Crippen molar-refractivity contribution in [1.29, 1.82) is 0 Å². The molecule has 2 rings (SSSR count). The predicted molar refractivity (Wildman–Crippen MR) is 79.7 cm³/mol. The van der Waals surface area contributed by atoms with Crippen molar-refractivity contribution >= 4 is 11.6 Å². The maximum absolute atomic E-state index is 5.89. The maximum atomic E-state index is 5.89. The van der Waals surface area contributed by atoms with Gasteiger partial charge in [-0.15, -0.1) is 0 Å². The van der Waals surface area contributed by atoms with E-state index in [1.54, 1.807) is 0 Å². The molecule has 5 heteroatoms. The third-order valence-electron chi connectivity index (χ3n) is 3.34. The van der Waals surface area contributed by atoms with E-state index in [9.17, 15) is 0 Å². The average Bonchev–Trinajstić information content (AvgIpc) is 2.90. The first-order chi connectivity index (χ1) is 9.47. The van der Waals surface area contributed by atoms with E-state index in [-0.39, 0.29) is 12.0 Å². The molecule has 0 aliphatic carbocycles. The minimum atomic E-state index is 0.0747. The van der Waals surface area contributed by atoms with Crippen molar-refractivity contribution in [1.82, 2.24) is 15.0 Å². The first-order valence-corrected chi connectivity index (χ1v) is 7.13. The quantitative estimate of drug-likeness (QED) is 0.834. The van der Waals surface area contributed by atoms with Gasteiger partial charge in [0.05, 0.1) is 6.04 Å². The molecule has 0 spiro atoms. The summed E-state index contributed by atoms with van der Waals surface area (Å²) in [4.78, 5) is 6.61. The zero-order chi connectivity index (χ0) is 14.7. The van der Waals surface area contributed by atoms with Crippen LogP contribution < -0.4 is 0 Å². The lowest BCUT2D eigenvalue weighted by atomic mass is 10.2. The highest BCUT2D eigenvalue weighted by Crippen LogP contribution is 2.21. The van der Waals surface area contributed by atoms with Crippen LogP contribution in [0.2, 0.25) is 5.02 Å². The van der Waals surface area contributed by atoms with Gasteiger partial charge in [0.1, 0.15) is 0 Å². The minimum Gasteiger partial charge on any atom is -0.338 e. The third kappa shape index (κ3) is 3.58. The van der Waals surface area contributed by atoms with Gasteiger partial charge in [0.15, 0.2) is 5.82 Å². The summed E-state index contributed by atoms with van der Waals surface area (Å²) >= 11 is 5.89. The highest BCUT2D eigenvalue weighted by molar-refractivity contribution is 6.30. The normalized spacial score (nSPS) is 13.2. The van der Waals surface area contributed by atoms with Gasteiger partial charge in [-0.3, -0.25) is 4.90 Å². The van der Waals surface area contributed by atoms with Crippen LogP contribution in [-0.2, 0) is 6.54 Å². The van der Waals surface area contributed by atoms with E-state index in [0.29, 0.717) is 5.89 Å². The molecule has 0 saturated carbocycles. The van der Waals surface area contributed by atoms with Crippen molar-refractivity contribution in [2.45, 2.75) is 39.3 Å². The first kappa shape index (κ1) is 15.0. The lowest BCUT2D eigenvalue weighted by Crippen LogP contribution is -2.22. The van der Waals surface area contributed by atoms with Gasteiger partial charge in [0, 0.05) is 17.5 Å². The Balaban J connectivity index is 2.03. The van der Waals surface area contributed by atoms with Crippen molar-refractivity contribution in [3.63, 3.8) is 0 Å². The SMILES string of the molecule is CC(C)c1noc(C(C)N(C)Cc2ccc(Cl)cc2)n1. The summed E-state index contributed by atoms with van der Waals surface area (Å²) in [5.74, 6) is 1.69. The van der Waals surface area contributed by atoms with Crippen LogP contribution in [0.3, 0.4) is 0 Å². The largest absolute Gasteiger partial charge is 0.338 e. The Labute approximate surface area is 124 Å². The second-order valence-electron chi connectivity index (χ2n) is 5.36. The third-order valence-corrected chi connectivity index (χ3v) is 3.59. The summed E-state index contributed by atoms with van der Waals surface area (Å²) in [6, 6.07) is 7.93. The molecule has 4 nitrogen and oxygen atoms in total. The van der Waals surface area contributed by atoms with Crippen LogP contribution in [0.1, 0.15) is 50.0 Å². The smallest absolute Gasteiger partial charge is 0.243 e. The fourth-order valence-corrected chi connectivity index (χ4v) is 1.98. The Bertz CT molecular complexity index is 551. The molecule has 1 aromatic heterocycles. The van der Waals surface area contributed by atoms with Gasteiger partial charge in [-0.05, 0) is 31.7 Å². The molecular weight excluding hydrogens is 274 g/mol. The zero-order valence-corrected chi connectivity index (χ0v) is 13.1. The van der Waals surface area contributed by atoms with Crippen LogP contribution in [0.25, 0.3) is 0 Å². The molecule has 1 atom stereocenters. The number of benzene rings is 1. The topological polar surface area (TPSA) is 42.2 Å². The summed E-state index contributed by atoms with van der Waals surface area (Å²) in [6.45, 7) is 6.97. The van der Waals surface area contributed by atoms with E-state index in [2.05, 4.69) is 35.8 Å². The average molecular weight is 294 g/mol. The molecule has 0 bridgehead atoms. The van der Waals surface area contributed by atoms with Crippen molar-refractivity contribution in [2.24, 2.45) is 0 Å². The number of rotatable bonds is 5. The molecule has 0 fully saturated rings. The predicted octanol–water partition coefficient (Wildman–Crippen LogP) is 4.04. The van der Waals surface area contributed by atoms with Crippen molar-refractivity contribution in [2.75, 3.05) is 7.05 Å². The molecule has 0 saturated heterocycles. The summed E-state index contributed by atoms with van der Waals surface area (Å²) in [6.07, 6.45) is 0. The molecule has 1 heterocycles. The number of nitrogens with zero attached hydrogens (tertiary/aromatic N) is 3. The van der Waals surface area contributed by atoms with Gasteiger partial charge in [-0.25, -0.2) is 0 Å². The zero-order valence-electron chi connectivity index (χ0n) is 12.3. The molecule has 108 valence electrons. The number of halogens is 1. The molecule has 0 aliphatic rings. The molecule has 1 unspecified atom stereocenters. The molecule has 0 amide bonds. The summed E-state index contributed by atoms with van der Waals surface area (Å²) < 4.78 is 5.34. The first-order valence-electron chi connectivity index (χ1n) is 6.75. The number of hydrogen-bond acceptors (Lipinski definition) is 4. The van der Waals surface area contributed by atoms with Crippen LogP contribution in [0.4, 0.5) is 0 Å². The Morgan fingerprint density at radius 1 is 1.20 bits per heavy atom. The fraction of sp³-hybridized carbons (Fsp3) is 0.467. The van der Waals surface area contributed by atoms with Crippen molar-refractivity contribution in [3.8, 4) is 0 Å². The van der Waals surface area contributed by atoms with E-state index in [4.69, 9.17) is 16.1 Å². The van der Waals surface area contributed by atoms with Crippen LogP contribution in [0.5, 0.6) is 0 Å². The van der Waals surface area contributed by atoms with Crippen LogP contribution >= 0.6 is 11.6 Å². The van der Waals surface area contributed by atoms with Crippen molar-refractivity contribution in [3.05, 3.63) is 46.6 Å². The second-order valence-corrected chi connectivity index (χ2v) is 5.80. The lowest BCUT2D eigenvalue weighted by molar-refractivity contribution is 0.202. The van der Waals surface area contributed by atoms with E-state index < -0.39 is 0 Å². The van der Waals surface area contributed by atoms with Crippen LogP contribution in [0.15, 0.2) is 28.8 Å². The van der Waals surface area contributed by atoms with E-state index in [1.807, 2.05) is 31.3 Å². The molecular formula is C15H20ClN3O. The minimum absolute atomic E-state index is 0.0747. The van der Waals surface area contributed by atoms with Crippen LogP contribution in [-0.4, -0.2) is 22.1 Å². The maximum Gasteiger partial charge on any atom is 0.243 e. The van der Waals surface area contributed by atoms with Gasteiger partial charge in [-0.2, -0.15) is 4.98 Å². The fourth-order valence-electron chi connectivity index (χ4n) is 1.85. The molecule has 2 aromatic rings. The monoisotopic (exact) mass is 293 g/mol. The van der Waals surface area contributed by atoms with E-state index in [1.165, 1.54) is 5.56 Å². The standard InChI is InChI=1S/C15H20ClN3O/c1-10(2)14-17-15(20-18-14)11(3)19(4)9-12-5-7-13(16)8-6-12/h5-8,10-11H,9H2,1-4H3. The summed E-state index contributed by atoms with van der Waals surface area (Å²) in [5.41, 5.74) is 1.20. The number of hydrogen-bond donors (Lipinski definition) is 0. The Hall–Kier alpha value is -1.39. The Kier molecular flexibility index (Phi) is 4.78. The highest BCUT2D eigenvalue weighted by atomic mass is 35.5. The van der Waals surface area contributed by atoms with Gasteiger partial charge in [-0.1, -0.05) is 42.7 Å². The highest BCUT2D eigenvalue weighted by Gasteiger charge is 2.19. The second kappa shape index (κ2) is 6.37. The summed E-state index contributed by atoms with van der Waals surface area (Å²) in [5, 5.41) is 4.76. The Morgan fingerprint density at radius 2 is 1.85 bits per heavy atom. The molecule has 20 heavy (non-hydrogen) atoms. The Morgan fingerprint density at radius 3 is 2.40 bits per heavy atom. The van der Waals surface area contributed by atoms with Gasteiger partial charge in [0.2, 0.25) is 5.89 Å². The van der Waals surface area contributed by atoms with E-state index in [0.717, 1.165) is 17.4 Å². The van der Waals surface area contributed by atoms with Gasteiger partial charge < -0.3 is 4.52 Å². The van der Waals surface area contributed by atoms with Crippen LogP contribution in [0, 0.1) is 0 Å². The van der Waals surface area contributed by atoms with E-state index >= 15 is 0 Å². The number of aromatic nitrogens is 2. The van der Waals surface area contributed by atoms with Crippen molar-refractivity contribution < 1.29 is 4.52 Å². The molecule has 0 aliphatic heterocycles. The van der Waals surface area contributed by atoms with Gasteiger partial charge in [0.25, 0.3) is 0 Å². The summed E-state index contributed by atoms with van der Waals surface area (Å²) in [7, 11) is 2.04. The molecule has 0 radical (unpaired) electrons.